The third-order valence-corrected chi connectivity index (χ3v) is 4.58. The van der Waals surface area contributed by atoms with Gasteiger partial charge in [-0.2, -0.15) is 0 Å². The Hall–Kier alpha value is -2.11. The Morgan fingerprint density at radius 3 is 2.78 bits per heavy atom. The number of ether oxygens (including phenoxy) is 1. The highest BCUT2D eigenvalue weighted by molar-refractivity contribution is 6.07. The van der Waals surface area contributed by atoms with E-state index in [0.29, 0.717) is 35.1 Å². The SMILES string of the molecule is CCOC(=O)c1c(C)oc2ncnc(N(C)C3CCCCC3)c12. The minimum Gasteiger partial charge on any atom is -0.462 e. The molecule has 0 atom stereocenters. The van der Waals surface area contributed by atoms with Crippen molar-refractivity contribution in [3.05, 3.63) is 17.7 Å². The normalized spacial score (nSPS) is 15.8. The summed E-state index contributed by atoms with van der Waals surface area (Å²) in [5, 5.41) is 0.663. The first-order valence-corrected chi connectivity index (χ1v) is 8.27. The second-order valence-corrected chi connectivity index (χ2v) is 6.03. The monoisotopic (exact) mass is 317 g/mol. The number of hydrogen-bond acceptors (Lipinski definition) is 6. The van der Waals surface area contributed by atoms with Gasteiger partial charge in [0.2, 0.25) is 5.71 Å². The van der Waals surface area contributed by atoms with Crippen LogP contribution in [0.25, 0.3) is 11.1 Å². The van der Waals surface area contributed by atoms with Crippen LogP contribution in [0.5, 0.6) is 0 Å². The molecule has 1 aliphatic carbocycles. The van der Waals surface area contributed by atoms with E-state index < -0.39 is 0 Å². The van der Waals surface area contributed by atoms with E-state index in [2.05, 4.69) is 14.9 Å². The second-order valence-electron chi connectivity index (χ2n) is 6.03. The fourth-order valence-electron chi connectivity index (χ4n) is 3.39. The first kappa shape index (κ1) is 15.8. The third kappa shape index (κ3) is 2.90. The van der Waals surface area contributed by atoms with Gasteiger partial charge in [-0.1, -0.05) is 19.3 Å². The highest BCUT2D eigenvalue weighted by atomic mass is 16.5. The zero-order valence-corrected chi connectivity index (χ0v) is 14.0. The molecule has 124 valence electrons. The lowest BCUT2D eigenvalue weighted by Gasteiger charge is -2.32. The van der Waals surface area contributed by atoms with Crippen LogP contribution in [-0.4, -0.2) is 35.6 Å². The summed E-state index contributed by atoms with van der Waals surface area (Å²) in [5.74, 6) is 0.899. The molecule has 0 amide bonds. The van der Waals surface area contributed by atoms with Gasteiger partial charge < -0.3 is 14.1 Å². The molecular weight excluding hydrogens is 294 g/mol. The van der Waals surface area contributed by atoms with Crippen LogP contribution in [0.2, 0.25) is 0 Å². The Morgan fingerprint density at radius 2 is 2.09 bits per heavy atom. The fraction of sp³-hybridized carbons (Fsp3) is 0.588. The topological polar surface area (TPSA) is 68.5 Å². The van der Waals surface area contributed by atoms with Gasteiger partial charge in [-0.05, 0) is 26.7 Å². The van der Waals surface area contributed by atoms with Gasteiger partial charge in [0.05, 0.1) is 12.0 Å². The summed E-state index contributed by atoms with van der Waals surface area (Å²) in [4.78, 5) is 23.1. The molecule has 2 heterocycles. The van der Waals surface area contributed by atoms with Gasteiger partial charge in [-0.25, -0.2) is 14.8 Å². The third-order valence-electron chi connectivity index (χ3n) is 4.58. The lowest BCUT2D eigenvalue weighted by molar-refractivity contribution is 0.0526. The Morgan fingerprint density at radius 1 is 1.35 bits per heavy atom. The molecule has 2 aromatic heterocycles. The van der Waals surface area contributed by atoms with Crippen molar-refractivity contribution in [2.45, 2.75) is 52.0 Å². The highest BCUT2D eigenvalue weighted by Crippen LogP contribution is 2.34. The van der Waals surface area contributed by atoms with Gasteiger partial charge in [-0.15, -0.1) is 0 Å². The molecule has 6 nitrogen and oxygen atoms in total. The van der Waals surface area contributed by atoms with Crippen molar-refractivity contribution in [1.82, 2.24) is 9.97 Å². The molecule has 1 saturated carbocycles. The van der Waals surface area contributed by atoms with Crippen molar-refractivity contribution in [3.8, 4) is 0 Å². The maximum absolute atomic E-state index is 12.3. The highest BCUT2D eigenvalue weighted by Gasteiger charge is 2.27. The summed E-state index contributed by atoms with van der Waals surface area (Å²) in [6, 6.07) is 0.437. The van der Waals surface area contributed by atoms with Gasteiger partial charge in [0.1, 0.15) is 23.5 Å². The van der Waals surface area contributed by atoms with Crippen LogP contribution in [0.3, 0.4) is 0 Å². The maximum atomic E-state index is 12.3. The smallest absolute Gasteiger partial charge is 0.342 e. The Kier molecular flexibility index (Phi) is 4.50. The maximum Gasteiger partial charge on any atom is 0.342 e. The number of hydrogen-bond donors (Lipinski definition) is 0. The van der Waals surface area contributed by atoms with E-state index in [-0.39, 0.29) is 5.97 Å². The molecule has 23 heavy (non-hydrogen) atoms. The van der Waals surface area contributed by atoms with E-state index >= 15 is 0 Å². The summed E-state index contributed by atoms with van der Waals surface area (Å²) >= 11 is 0. The van der Waals surface area contributed by atoms with Crippen molar-refractivity contribution in [1.29, 1.82) is 0 Å². The predicted octanol–water partition coefficient (Wildman–Crippen LogP) is 3.48. The van der Waals surface area contributed by atoms with Crippen LogP contribution < -0.4 is 4.90 Å². The first-order chi connectivity index (χ1) is 11.1. The number of fused-ring (bicyclic) bond motifs is 1. The number of aryl methyl sites for hydroxylation is 1. The zero-order chi connectivity index (χ0) is 16.4. The summed E-state index contributed by atoms with van der Waals surface area (Å²) < 4.78 is 10.8. The van der Waals surface area contributed by atoms with Crippen molar-refractivity contribution >= 4 is 22.9 Å². The Bertz CT molecular complexity index is 704. The van der Waals surface area contributed by atoms with Crippen LogP contribution in [0.4, 0.5) is 5.82 Å². The van der Waals surface area contributed by atoms with Gasteiger partial charge in [0, 0.05) is 13.1 Å². The Balaban J connectivity index is 2.07. The lowest BCUT2D eigenvalue weighted by atomic mass is 9.94. The Labute approximate surface area is 135 Å². The van der Waals surface area contributed by atoms with Crippen molar-refractivity contribution in [3.63, 3.8) is 0 Å². The number of aromatic nitrogens is 2. The molecule has 6 heteroatoms. The fourth-order valence-corrected chi connectivity index (χ4v) is 3.39. The molecule has 0 N–H and O–H groups in total. The second kappa shape index (κ2) is 6.56. The number of carbonyl (C=O) groups is 1. The predicted molar refractivity (Wildman–Crippen MR) is 87.8 cm³/mol. The van der Waals surface area contributed by atoms with Gasteiger partial charge in [0.15, 0.2) is 0 Å². The molecule has 0 bridgehead atoms. The minimum atomic E-state index is -0.378. The van der Waals surface area contributed by atoms with Crippen molar-refractivity contribution < 1.29 is 13.9 Å². The van der Waals surface area contributed by atoms with E-state index in [4.69, 9.17) is 9.15 Å². The minimum absolute atomic E-state index is 0.326. The van der Waals surface area contributed by atoms with E-state index in [1.54, 1.807) is 13.8 Å². The van der Waals surface area contributed by atoms with E-state index in [0.717, 1.165) is 18.7 Å². The molecule has 0 spiro atoms. The molecule has 0 saturated heterocycles. The van der Waals surface area contributed by atoms with Crippen LogP contribution in [0.1, 0.15) is 55.1 Å². The van der Waals surface area contributed by atoms with Gasteiger partial charge in [-0.3, -0.25) is 0 Å². The first-order valence-electron chi connectivity index (χ1n) is 8.27. The molecule has 1 fully saturated rings. The molecule has 2 aromatic rings. The molecule has 0 aromatic carbocycles. The molecule has 0 aliphatic heterocycles. The number of nitrogens with zero attached hydrogens (tertiary/aromatic N) is 3. The van der Waals surface area contributed by atoms with Crippen LogP contribution in [0.15, 0.2) is 10.7 Å². The van der Waals surface area contributed by atoms with Crippen LogP contribution in [-0.2, 0) is 4.74 Å². The van der Waals surface area contributed by atoms with Crippen molar-refractivity contribution in [2.24, 2.45) is 0 Å². The standard InChI is InChI=1S/C17H23N3O3/c1-4-22-17(21)13-11(2)23-16-14(13)15(18-10-19-16)20(3)12-8-6-5-7-9-12/h10,12H,4-9H2,1-3H3. The number of furan rings is 1. The largest absolute Gasteiger partial charge is 0.462 e. The van der Waals surface area contributed by atoms with Crippen LogP contribution in [0, 0.1) is 6.92 Å². The summed E-state index contributed by atoms with van der Waals surface area (Å²) in [5.41, 5.74) is 0.887. The summed E-state index contributed by atoms with van der Waals surface area (Å²) in [7, 11) is 2.04. The molecular formula is C17H23N3O3. The number of rotatable bonds is 4. The van der Waals surface area contributed by atoms with Crippen molar-refractivity contribution in [2.75, 3.05) is 18.6 Å². The molecule has 3 rings (SSSR count). The average Bonchev–Trinajstić information content (AvgIpc) is 2.91. The molecule has 0 unspecified atom stereocenters. The number of carbonyl (C=O) groups excluding carboxylic acids is 1. The molecule has 1 aliphatic rings. The van der Waals surface area contributed by atoms with E-state index in [1.165, 1.54) is 25.6 Å². The van der Waals surface area contributed by atoms with E-state index in [9.17, 15) is 4.79 Å². The van der Waals surface area contributed by atoms with Gasteiger partial charge >= 0.3 is 5.97 Å². The zero-order valence-electron chi connectivity index (χ0n) is 14.0. The van der Waals surface area contributed by atoms with E-state index in [1.807, 2.05) is 7.05 Å². The summed E-state index contributed by atoms with van der Waals surface area (Å²) in [6.45, 7) is 3.88. The molecule has 0 radical (unpaired) electrons. The quantitative estimate of drug-likeness (QED) is 0.804. The average molecular weight is 317 g/mol. The number of esters is 1. The number of anilines is 1. The summed E-state index contributed by atoms with van der Waals surface area (Å²) in [6.07, 6.45) is 7.55. The lowest BCUT2D eigenvalue weighted by Crippen LogP contribution is -2.34. The van der Waals surface area contributed by atoms with Crippen LogP contribution >= 0.6 is 0 Å². The van der Waals surface area contributed by atoms with Gasteiger partial charge in [0.25, 0.3) is 0 Å².